The van der Waals surface area contributed by atoms with Crippen molar-refractivity contribution in [2.45, 2.75) is 32.1 Å². The molecule has 1 N–H and O–H groups in total. The van der Waals surface area contributed by atoms with Crippen molar-refractivity contribution in [3.05, 3.63) is 46.8 Å². The van der Waals surface area contributed by atoms with Crippen LogP contribution in [0.1, 0.15) is 28.9 Å². The zero-order chi connectivity index (χ0) is 10.8. The third-order valence-corrected chi connectivity index (χ3v) is 3.31. The highest BCUT2D eigenvalue weighted by molar-refractivity contribution is 5.29. The number of hydrogen-bond donors (Lipinski definition) is 1. The molecule has 2 aromatic rings. The average molecular weight is 213 g/mol. The summed E-state index contributed by atoms with van der Waals surface area (Å²) in [5, 5.41) is 11.2. The monoisotopic (exact) mass is 213 g/mol. The van der Waals surface area contributed by atoms with Gasteiger partial charge in [0, 0.05) is 0 Å². The lowest BCUT2D eigenvalue weighted by molar-refractivity contribution is 0.787. The quantitative estimate of drug-likeness (QED) is 0.728. The van der Waals surface area contributed by atoms with Crippen LogP contribution in [0.2, 0.25) is 0 Å². The molecule has 1 heterocycles. The highest BCUT2D eigenvalue weighted by Gasteiger charge is 2.12. The molecule has 16 heavy (non-hydrogen) atoms. The maximum atomic E-state index is 4.24. The number of rotatable bonds is 0. The minimum atomic E-state index is 1.00. The zero-order valence-electron chi connectivity index (χ0n) is 9.24. The van der Waals surface area contributed by atoms with Gasteiger partial charge < -0.3 is 0 Å². The smallest absolute Gasteiger partial charge is 0.0860 e. The van der Waals surface area contributed by atoms with Gasteiger partial charge in [-0.15, -0.1) is 0 Å². The molecule has 0 amide bonds. The van der Waals surface area contributed by atoms with E-state index in [1.54, 1.807) is 0 Å². The van der Waals surface area contributed by atoms with Crippen molar-refractivity contribution < 1.29 is 0 Å². The summed E-state index contributed by atoms with van der Waals surface area (Å²) in [5.74, 6) is 0. The summed E-state index contributed by atoms with van der Waals surface area (Å²) in [4.78, 5) is 0. The third-order valence-electron chi connectivity index (χ3n) is 3.31. The Morgan fingerprint density at radius 3 is 2.31 bits per heavy atom. The number of aromatic amines is 1. The molecule has 0 aliphatic heterocycles. The highest BCUT2D eigenvalue weighted by Crippen LogP contribution is 2.18. The zero-order valence-corrected chi connectivity index (χ0v) is 9.24. The molecule has 3 rings (SSSR count). The van der Waals surface area contributed by atoms with E-state index in [0.29, 0.717) is 0 Å². The molecule has 1 aliphatic rings. The molecule has 1 aliphatic carbocycles. The number of hydrogen-bond acceptors (Lipinski definition) is 2. The van der Waals surface area contributed by atoms with Gasteiger partial charge in [-0.05, 0) is 43.2 Å². The van der Waals surface area contributed by atoms with Crippen molar-refractivity contribution in [3.8, 4) is 0 Å². The van der Waals surface area contributed by atoms with Crippen LogP contribution >= 0.6 is 0 Å². The fraction of sp³-hybridized carbons (Fsp3) is 0.385. The number of fused-ring (bicyclic) bond motifs is 2. The van der Waals surface area contributed by atoms with Gasteiger partial charge in [-0.25, -0.2) is 0 Å². The van der Waals surface area contributed by atoms with Crippen LogP contribution in [0.3, 0.4) is 0 Å². The maximum Gasteiger partial charge on any atom is 0.0860 e. The fourth-order valence-electron chi connectivity index (χ4n) is 2.42. The van der Waals surface area contributed by atoms with E-state index in [0.717, 1.165) is 43.5 Å². The molecule has 0 bridgehead atoms. The van der Waals surface area contributed by atoms with E-state index in [-0.39, 0.29) is 0 Å². The van der Waals surface area contributed by atoms with Gasteiger partial charge in [0.15, 0.2) is 0 Å². The van der Waals surface area contributed by atoms with Crippen LogP contribution in [-0.4, -0.2) is 15.4 Å². The Balaban J connectivity index is 1.93. The summed E-state index contributed by atoms with van der Waals surface area (Å²) in [7, 11) is 0. The SMILES string of the molecule is c1ccc2c(c1)CCCc1n[nH]nc1CC2. The Labute approximate surface area is 94.9 Å². The van der Waals surface area contributed by atoms with Crippen molar-refractivity contribution >= 4 is 0 Å². The van der Waals surface area contributed by atoms with Gasteiger partial charge in [0.2, 0.25) is 0 Å². The van der Waals surface area contributed by atoms with Gasteiger partial charge in [0.25, 0.3) is 0 Å². The Kier molecular flexibility index (Phi) is 2.44. The first-order valence-corrected chi connectivity index (χ1v) is 5.89. The summed E-state index contributed by atoms with van der Waals surface area (Å²) in [5.41, 5.74) is 5.28. The lowest BCUT2D eigenvalue weighted by Gasteiger charge is -2.06. The maximum absolute atomic E-state index is 4.24. The van der Waals surface area contributed by atoms with Crippen LogP contribution in [0.4, 0.5) is 0 Å². The highest BCUT2D eigenvalue weighted by atomic mass is 15.3. The molecular formula is C13H15N3. The van der Waals surface area contributed by atoms with Crippen LogP contribution in [-0.2, 0) is 25.7 Å². The van der Waals surface area contributed by atoms with E-state index in [9.17, 15) is 0 Å². The predicted octanol–water partition coefficient (Wildman–Crippen LogP) is 2.08. The molecule has 0 atom stereocenters. The number of nitrogens with one attached hydrogen (secondary N) is 1. The molecule has 0 unspecified atom stereocenters. The molecule has 0 saturated heterocycles. The lowest BCUT2D eigenvalue weighted by atomic mass is 10.00. The number of H-pyrrole nitrogens is 1. The first-order valence-electron chi connectivity index (χ1n) is 5.89. The summed E-state index contributed by atoms with van der Waals surface area (Å²) in [6.45, 7) is 0. The first-order chi connectivity index (χ1) is 7.93. The molecule has 0 radical (unpaired) electrons. The van der Waals surface area contributed by atoms with Gasteiger partial charge in [-0.3, -0.25) is 0 Å². The van der Waals surface area contributed by atoms with E-state index in [1.807, 2.05) is 0 Å². The Hall–Kier alpha value is -1.64. The Bertz CT molecular complexity index is 487. The summed E-state index contributed by atoms with van der Waals surface area (Å²) in [6, 6.07) is 8.74. The van der Waals surface area contributed by atoms with E-state index >= 15 is 0 Å². The standard InChI is InChI=1S/C13H15N3/c1-2-5-11-8-9-13-12(14-16-15-13)7-3-6-10(11)4-1/h1-2,4-5H,3,6-9H2,(H,14,15,16). The van der Waals surface area contributed by atoms with Gasteiger partial charge in [0.05, 0.1) is 11.4 Å². The topological polar surface area (TPSA) is 41.6 Å². The van der Waals surface area contributed by atoms with Crippen LogP contribution < -0.4 is 0 Å². The minimum absolute atomic E-state index is 1.00. The number of aryl methyl sites for hydroxylation is 4. The minimum Gasteiger partial charge on any atom is -0.197 e. The van der Waals surface area contributed by atoms with Crippen LogP contribution in [0.15, 0.2) is 24.3 Å². The molecule has 3 nitrogen and oxygen atoms in total. The molecule has 0 fully saturated rings. The van der Waals surface area contributed by atoms with Gasteiger partial charge >= 0.3 is 0 Å². The average Bonchev–Trinajstić information content (AvgIpc) is 2.76. The molecule has 0 spiro atoms. The molecule has 1 aromatic carbocycles. The van der Waals surface area contributed by atoms with E-state index in [1.165, 1.54) is 11.1 Å². The predicted molar refractivity (Wildman–Crippen MR) is 62.3 cm³/mol. The molecule has 82 valence electrons. The second-order valence-electron chi connectivity index (χ2n) is 4.34. The van der Waals surface area contributed by atoms with Crippen molar-refractivity contribution in [3.63, 3.8) is 0 Å². The van der Waals surface area contributed by atoms with Gasteiger partial charge in [0.1, 0.15) is 0 Å². The van der Waals surface area contributed by atoms with Crippen molar-refractivity contribution in [2.75, 3.05) is 0 Å². The van der Waals surface area contributed by atoms with Crippen LogP contribution in [0.5, 0.6) is 0 Å². The summed E-state index contributed by atoms with van der Waals surface area (Å²) in [6.07, 6.45) is 5.44. The Morgan fingerprint density at radius 2 is 1.50 bits per heavy atom. The molecule has 3 heteroatoms. The molecule has 0 saturated carbocycles. The summed E-state index contributed by atoms with van der Waals surface area (Å²) < 4.78 is 0. The van der Waals surface area contributed by atoms with Crippen molar-refractivity contribution in [1.82, 2.24) is 15.4 Å². The van der Waals surface area contributed by atoms with E-state index < -0.39 is 0 Å². The molecular weight excluding hydrogens is 198 g/mol. The second kappa shape index (κ2) is 4.08. The van der Waals surface area contributed by atoms with Crippen LogP contribution in [0, 0.1) is 0 Å². The number of benzene rings is 1. The second-order valence-corrected chi connectivity index (χ2v) is 4.34. The normalized spacial score (nSPS) is 15.5. The number of aromatic nitrogens is 3. The Morgan fingerprint density at radius 1 is 0.812 bits per heavy atom. The van der Waals surface area contributed by atoms with Crippen molar-refractivity contribution in [2.24, 2.45) is 0 Å². The molecule has 1 aromatic heterocycles. The van der Waals surface area contributed by atoms with E-state index in [4.69, 9.17) is 0 Å². The van der Waals surface area contributed by atoms with Gasteiger partial charge in [-0.1, -0.05) is 24.3 Å². The fourth-order valence-corrected chi connectivity index (χ4v) is 2.42. The van der Waals surface area contributed by atoms with E-state index in [2.05, 4.69) is 39.7 Å². The first kappa shape index (κ1) is 9.58. The van der Waals surface area contributed by atoms with Gasteiger partial charge in [-0.2, -0.15) is 15.4 Å². The number of nitrogens with zero attached hydrogens (tertiary/aromatic N) is 2. The van der Waals surface area contributed by atoms with Crippen LogP contribution in [0.25, 0.3) is 0 Å². The lowest BCUT2D eigenvalue weighted by Crippen LogP contribution is -1.96. The third kappa shape index (κ3) is 1.73. The van der Waals surface area contributed by atoms with Crippen molar-refractivity contribution in [1.29, 1.82) is 0 Å². The summed E-state index contributed by atoms with van der Waals surface area (Å²) >= 11 is 0. The largest absolute Gasteiger partial charge is 0.197 e.